The van der Waals surface area contributed by atoms with E-state index in [1.165, 1.54) is 13.5 Å². The Labute approximate surface area is 143 Å². The van der Waals surface area contributed by atoms with Gasteiger partial charge in [0.05, 0.1) is 4.90 Å². The van der Waals surface area contributed by atoms with Crippen LogP contribution in [0.4, 0.5) is 0 Å². The lowest BCUT2D eigenvalue weighted by atomic mass is 10.1. The molecule has 6 nitrogen and oxygen atoms in total. The average molecular weight is 351 g/mol. The molecule has 2 saturated heterocycles. The second-order valence-electron chi connectivity index (χ2n) is 6.62. The highest BCUT2D eigenvalue weighted by molar-refractivity contribution is 7.89. The number of nitrogens with zero attached hydrogens (tertiary/aromatic N) is 1. The minimum atomic E-state index is -3.40. The van der Waals surface area contributed by atoms with Gasteiger partial charge in [-0.1, -0.05) is 12.1 Å². The summed E-state index contributed by atoms with van der Waals surface area (Å²) in [4.78, 5) is 14.7. The Hall–Kier alpha value is -1.44. The van der Waals surface area contributed by atoms with Crippen molar-refractivity contribution in [2.75, 3.05) is 20.1 Å². The summed E-state index contributed by atoms with van der Waals surface area (Å²) in [7, 11) is -2.01. The molecule has 0 spiro atoms. The van der Waals surface area contributed by atoms with Crippen molar-refractivity contribution in [2.24, 2.45) is 0 Å². The molecule has 132 valence electrons. The van der Waals surface area contributed by atoms with Crippen molar-refractivity contribution in [1.82, 2.24) is 14.9 Å². The Morgan fingerprint density at radius 1 is 1.21 bits per heavy atom. The highest BCUT2D eigenvalue weighted by Gasteiger charge is 2.30. The highest BCUT2D eigenvalue weighted by atomic mass is 32.2. The summed E-state index contributed by atoms with van der Waals surface area (Å²) in [5.74, 6) is 0.191. The van der Waals surface area contributed by atoms with Gasteiger partial charge in [0.2, 0.25) is 15.9 Å². The number of fused-ring (bicyclic) bond motifs is 2. The van der Waals surface area contributed by atoms with E-state index in [2.05, 4.69) is 10.0 Å². The van der Waals surface area contributed by atoms with E-state index in [1.807, 2.05) is 4.90 Å². The zero-order valence-corrected chi connectivity index (χ0v) is 14.8. The SMILES string of the molecule is CNS(=O)(=O)c1ccc(CCC(=O)N2CC[C@H]3CC[C@@H](C2)N3)cc1. The Morgan fingerprint density at radius 3 is 2.62 bits per heavy atom. The van der Waals surface area contributed by atoms with Crippen molar-refractivity contribution < 1.29 is 13.2 Å². The molecule has 2 fully saturated rings. The van der Waals surface area contributed by atoms with Gasteiger partial charge >= 0.3 is 0 Å². The van der Waals surface area contributed by atoms with Gasteiger partial charge in [0.25, 0.3) is 0 Å². The van der Waals surface area contributed by atoms with Crippen molar-refractivity contribution in [1.29, 1.82) is 0 Å². The Kier molecular flexibility index (Phi) is 5.22. The zero-order valence-electron chi connectivity index (χ0n) is 14.0. The van der Waals surface area contributed by atoms with Gasteiger partial charge in [-0.05, 0) is 50.4 Å². The first-order valence-corrected chi connectivity index (χ1v) is 10.0. The van der Waals surface area contributed by atoms with E-state index in [1.54, 1.807) is 24.3 Å². The predicted octanol–water partition coefficient (Wildman–Crippen LogP) is 0.880. The van der Waals surface area contributed by atoms with Gasteiger partial charge in [0, 0.05) is 31.6 Å². The highest BCUT2D eigenvalue weighted by Crippen LogP contribution is 2.21. The van der Waals surface area contributed by atoms with E-state index in [0.717, 1.165) is 31.5 Å². The molecule has 0 saturated carbocycles. The third kappa shape index (κ3) is 3.96. The van der Waals surface area contributed by atoms with Crippen LogP contribution in [0, 0.1) is 0 Å². The van der Waals surface area contributed by atoms with Crippen molar-refractivity contribution in [3.05, 3.63) is 29.8 Å². The molecule has 7 heteroatoms. The fourth-order valence-corrected chi connectivity index (χ4v) is 4.26. The first kappa shape index (κ1) is 17.4. The number of rotatable bonds is 5. The van der Waals surface area contributed by atoms with E-state index >= 15 is 0 Å². The summed E-state index contributed by atoms with van der Waals surface area (Å²) in [6, 6.07) is 7.76. The van der Waals surface area contributed by atoms with Gasteiger partial charge in [-0.2, -0.15) is 0 Å². The van der Waals surface area contributed by atoms with E-state index in [-0.39, 0.29) is 10.8 Å². The van der Waals surface area contributed by atoms with E-state index in [4.69, 9.17) is 0 Å². The second-order valence-corrected chi connectivity index (χ2v) is 8.50. The van der Waals surface area contributed by atoms with Gasteiger partial charge in [-0.15, -0.1) is 0 Å². The zero-order chi connectivity index (χ0) is 17.2. The third-order valence-corrected chi connectivity index (χ3v) is 6.44. The molecule has 3 rings (SSSR count). The molecule has 2 heterocycles. The number of aryl methyl sites for hydroxylation is 1. The minimum absolute atomic E-state index is 0.191. The molecule has 0 radical (unpaired) electrons. The molecule has 24 heavy (non-hydrogen) atoms. The maximum Gasteiger partial charge on any atom is 0.240 e. The van der Waals surface area contributed by atoms with Gasteiger partial charge in [0.1, 0.15) is 0 Å². The first-order valence-electron chi connectivity index (χ1n) is 8.54. The predicted molar refractivity (Wildman–Crippen MR) is 92.2 cm³/mol. The molecule has 0 unspecified atom stereocenters. The van der Waals surface area contributed by atoms with E-state index in [9.17, 15) is 13.2 Å². The number of likely N-dealkylation sites (tertiary alicyclic amines) is 1. The van der Waals surface area contributed by atoms with Crippen LogP contribution in [0.5, 0.6) is 0 Å². The van der Waals surface area contributed by atoms with E-state index < -0.39 is 10.0 Å². The van der Waals surface area contributed by atoms with Crippen LogP contribution in [0.15, 0.2) is 29.2 Å². The maximum atomic E-state index is 12.5. The quantitative estimate of drug-likeness (QED) is 0.825. The fourth-order valence-electron chi connectivity index (χ4n) is 3.53. The van der Waals surface area contributed by atoms with Crippen LogP contribution in [0.3, 0.4) is 0 Å². The average Bonchev–Trinajstić information content (AvgIpc) is 2.92. The largest absolute Gasteiger partial charge is 0.341 e. The summed E-state index contributed by atoms with van der Waals surface area (Å²) in [6.45, 7) is 1.65. The summed E-state index contributed by atoms with van der Waals surface area (Å²) >= 11 is 0. The van der Waals surface area contributed by atoms with Crippen molar-refractivity contribution in [3.8, 4) is 0 Å². The minimum Gasteiger partial charge on any atom is -0.341 e. The first-order chi connectivity index (χ1) is 11.5. The van der Waals surface area contributed by atoms with Crippen molar-refractivity contribution in [3.63, 3.8) is 0 Å². The number of amides is 1. The monoisotopic (exact) mass is 351 g/mol. The second kappa shape index (κ2) is 7.21. The Balaban J connectivity index is 1.54. The molecular formula is C17H25N3O3S. The van der Waals surface area contributed by atoms with Crippen LogP contribution in [-0.2, 0) is 21.2 Å². The van der Waals surface area contributed by atoms with Crippen LogP contribution in [0.1, 0.15) is 31.2 Å². The van der Waals surface area contributed by atoms with Gasteiger partial charge in [-0.25, -0.2) is 13.1 Å². The van der Waals surface area contributed by atoms with Gasteiger partial charge in [0.15, 0.2) is 0 Å². The standard InChI is InChI=1S/C17H25N3O3S/c1-18-24(22,23)16-7-2-13(3-8-16)4-9-17(21)20-11-10-14-5-6-15(12-20)19-14/h2-3,7-8,14-15,18-19H,4-6,9-12H2,1H3/t14-,15+/m1/s1. The molecule has 0 aliphatic carbocycles. The van der Waals surface area contributed by atoms with Crippen LogP contribution < -0.4 is 10.0 Å². The lowest BCUT2D eigenvalue weighted by Crippen LogP contribution is -2.39. The van der Waals surface area contributed by atoms with Crippen LogP contribution in [-0.4, -0.2) is 51.4 Å². The molecule has 2 aliphatic rings. The Morgan fingerprint density at radius 2 is 1.92 bits per heavy atom. The number of nitrogens with one attached hydrogen (secondary N) is 2. The Bertz CT molecular complexity index is 688. The number of benzene rings is 1. The van der Waals surface area contributed by atoms with Crippen LogP contribution in [0.2, 0.25) is 0 Å². The smallest absolute Gasteiger partial charge is 0.240 e. The molecule has 0 aromatic heterocycles. The lowest BCUT2D eigenvalue weighted by Gasteiger charge is -2.24. The van der Waals surface area contributed by atoms with Crippen molar-refractivity contribution >= 4 is 15.9 Å². The molecule has 2 N–H and O–H groups in total. The normalized spacial score (nSPS) is 24.0. The fraction of sp³-hybridized carbons (Fsp3) is 0.588. The van der Waals surface area contributed by atoms with Crippen LogP contribution >= 0.6 is 0 Å². The topological polar surface area (TPSA) is 78.5 Å². The number of sulfonamides is 1. The van der Waals surface area contributed by atoms with Crippen LogP contribution in [0.25, 0.3) is 0 Å². The number of hydrogen-bond acceptors (Lipinski definition) is 4. The number of carbonyl (C=O) groups excluding carboxylic acids is 1. The lowest BCUT2D eigenvalue weighted by molar-refractivity contribution is -0.131. The number of carbonyl (C=O) groups is 1. The summed E-state index contributed by atoms with van der Waals surface area (Å²) < 4.78 is 25.7. The maximum absolute atomic E-state index is 12.5. The molecular weight excluding hydrogens is 326 g/mol. The molecule has 1 aromatic rings. The number of hydrogen-bond donors (Lipinski definition) is 2. The van der Waals surface area contributed by atoms with E-state index in [0.29, 0.717) is 24.9 Å². The van der Waals surface area contributed by atoms with Gasteiger partial charge < -0.3 is 10.2 Å². The molecule has 2 aliphatic heterocycles. The van der Waals surface area contributed by atoms with Crippen molar-refractivity contribution in [2.45, 2.75) is 49.1 Å². The van der Waals surface area contributed by atoms with Gasteiger partial charge in [-0.3, -0.25) is 4.79 Å². The molecule has 2 atom stereocenters. The molecule has 1 amide bonds. The summed E-state index contributed by atoms with van der Waals surface area (Å²) in [5.41, 5.74) is 0.980. The summed E-state index contributed by atoms with van der Waals surface area (Å²) in [6.07, 6.45) is 4.54. The molecule has 1 aromatic carbocycles. The molecule has 2 bridgehead atoms. The summed E-state index contributed by atoms with van der Waals surface area (Å²) in [5, 5.41) is 3.58. The third-order valence-electron chi connectivity index (χ3n) is 5.01.